The van der Waals surface area contributed by atoms with Gasteiger partial charge >= 0.3 is 0 Å². The number of imidazole rings is 1. The molecule has 0 bridgehead atoms. The predicted octanol–water partition coefficient (Wildman–Crippen LogP) is 4.95. The van der Waals surface area contributed by atoms with E-state index in [1.165, 1.54) is 0 Å². The summed E-state index contributed by atoms with van der Waals surface area (Å²) >= 11 is 5.97. The Morgan fingerprint density at radius 1 is 1.03 bits per heavy atom. The largest absolute Gasteiger partial charge is 0.384 e. The number of carbonyl (C=O) groups is 1. The summed E-state index contributed by atoms with van der Waals surface area (Å²) in [6, 6.07) is 24.9. The molecule has 3 aromatic carbocycles. The lowest BCUT2D eigenvalue weighted by molar-refractivity contribution is -0.121. The minimum Gasteiger partial charge on any atom is -0.384 e. The highest BCUT2D eigenvalue weighted by atomic mass is 35.5. The van der Waals surface area contributed by atoms with Gasteiger partial charge < -0.3 is 10.3 Å². The number of amides is 1. The summed E-state index contributed by atoms with van der Waals surface area (Å²) in [5.74, 6) is 0.399. The number of H-pyrrole nitrogens is 1. The Balaban J connectivity index is 1.46. The maximum Gasteiger partial charge on any atom is 0.240 e. The monoisotopic (exact) mass is 431 g/mol. The normalized spacial score (nSPS) is 12.2. The molecule has 1 unspecified atom stereocenters. The molecule has 1 aromatic heterocycles. The van der Waals surface area contributed by atoms with Crippen molar-refractivity contribution in [3.05, 3.63) is 95.3 Å². The predicted molar refractivity (Wildman–Crippen MR) is 126 cm³/mol. The van der Waals surface area contributed by atoms with Crippen LogP contribution in [-0.4, -0.2) is 28.6 Å². The van der Waals surface area contributed by atoms with Gasteiger partial charge in [-0.2, -0.15) is 5.10 Å². The lowest BCUT2D eigenvalue weighted by Gasteiger charge is -2.15. The molecule has 7 heteroatoms. The standard InChI is InChI=1S/C24H22ClN5O/c25-19-10-12-20(13-11-19)26-16-18(24-28-21-8-4-5-9-22(21)29-24)14-23(31)30-27-15-17-6-2-1-3-7-17/h1-13,15,18,26H,14,16H2,(H,28,29)(H,30,31). The molecular weight excluding hydrogens is 410 g/mol. The van der Waals surface area contributed by atoms with E-state index in [1.54, 1.807) is 6.21 Å². The van der Waals surface area contributed by atoms with Crippen LogP contribution in [-0.2, 0) is 4.79 Å². The quantitative estimate of drug-likeness (QED) is 0.272. The number of carbonyl (C=O) groups excluding carboxylic acids is 1. The van der Waals surface area contributed by atoms with Crippen LogP contribution in [0.1, 0.15) is 23.7 Å². The van der Waals surface area contributed by atoms with Crippen molar-refractivity contribution >= 4 is 40.4 Å². The first-order valence-electron chi connectivity index (χ1n) is 9.98. The summed E-state index contributed by atoms with van der Waals surface area (Å²) in [7, 11) is 0. The molecule has 4 rings (SSSR count). The molecule has 4 aromatic rings. The minimum atomic E-state index is -0.185. The summed E-state index contributed by atoms with van der Waals surface area (Å²) in [5.41, 5.74) is 6.27. The average molecular weight is 432 g/mol. The minimum absolute atomic E-state index is 0.171. The molecule has 1 heterocycles. The van der Waals surface area contributed by atoms with Gasteiger partial charge in [0.05, 0.1) is 17.2 Å². The van der Waals surface area contributed by atoms with Gasteiger partial charge in [-0.25, -0.2) is 10.4 Å². The molecule has 0 saturated heterocycles. The maximum absolute atomic E-state index is 12.6. The molecule has 0 radical (unpaired) electrons. The zero-order chi connectivity index (χ0) is 21.5. The maximum atomic E-state index is 12.6. The number of aromatic nitrogens is 2. The fourth-order valence-electron chi connectivity index (χ4n) is 3.23. The van der Waals surface area contributed by atoms with Crippen molar-refractivity contribution in [2.24, 2.45) is 5.10 Å². The van der Waals surface area contributed by atoms with E-state index in [2.05, 4.69) is 25.8 Å². The number of rotatable bonds is 8. The molecule has 0 fully saturated rings. The average Bonchev–Trinajstić information content (AvgIpc) is 3.23. The molecule has 1 atom stereocenters. The molecule has 3 N–H and O–H groups in total. The van der Waals surface area contributed by atoms with E-state index in [9.17, 15) is 4.79 Å². The van der Waals surface area contributed by atoms with E-state index >= 15 is 0 Å². The van der Waals surface area contributed by atoms with Crippen molar-refractivity contribution in [3.63, 3.8) is 0 Å². The number of nitrogens with zero attached hydrogens (tertiary/aromatic N) is 2. The number of anilines is 1. The second-order valence-electron chi connectivity index (χ2n) is 7.13. The van der Waals surface area contributed by atoms with E-state index < -0.39 is 0 Å². The third-order valence-corrected chi connectivity index (χ3v) is 5.08. The highest BCUT2D eigenvalue weighted by Gasteiger charge is 2.20. The first-order chi connectivity index (χ1) is 15.2. The zero-order valence-electron chi connectivity index (χ0n) is 16.8. The number of benzene rings is 3. The topological polar surface area (TPSA) is 82.2 Å². The number of fused-ring (bicyclic) bond motifs is 1. The Hall–Kier alpha value is -3.64. The van der Waals surface area contributed by atoms with Crippen molar-refractivity contribution in [2.45, 2.75) is 12.3 Å². The molecular formula is C24H22ClN5O. The Labute approximate surface area is 185 Å². The van der Waals surface area contributed by atoms with Crippen molar-refractivity contribution in [1.82, 2.24) is 15.4 Å². The van der Waals surface area contributed by atoms with Gasteiger partial charge in [-0.05, 0) is 42.0 Å². The number of para-hydroxylation sites is 2. The van der Waals surface area contributed by atoms with E-state index in [0.717, 1.165) is 28.1 Å². The highest BCUT2D eigenvalue weighted by molar-refractivity contribution is 6.30. The molecule has 0 aliphatic carbocycles. The van der Waals surface area contributed by atoms with Gasteiger partial charge in [0.15, 0.2) is 0 Å². The Bertz CT molecular complexity index is 1140. The molecule has 0 aliphatic heterocycles. The van der Waals surface area contributed by atoms with Crippen LogP contribution in [0.2, 0.25) is 5.02 Å². The molecule has 0 saturated carbocycles. The van der Waals surface area contributed by atoms with Crippen molar-refractivity contribution in [1.29, 1.82) is 0 Å². The molecule has 0 spiro atoms. The highest BCUT2D eigenvalue weighted by Crippen LogP contribution is 2.22. The fraction of sp³-hybridized carbons (Fsp3) is 0.125. The second kappa shape index (κ2) is 9.91. The van der Waals surface area contributed by atoms with E-state index in [4.69, 9.17) is 11.6 Å². The van der Waals surface area contributed by atoms with Crippen molar-refractivity contribution in [2.75, 3.05) is 11.9 Å². The van der Waals surface area contributed by atoms with Crippen LogP contribution in [0.25, 0.3) is 11.0 Å². The van der Waals surface area contributed by atoms with Gasteiger partial charge in [-0.1, -0.05) is 54.1 Å². The van der Waals surface area contributed by atoms with Crippen molar-refractivity contribution < 1.29 is 4.79 Å². The molecule has 31 heavy (non-hydrogen) atoms. The number of hydrogen-bond donors (Lipinski definition) is 3. The van der Waals surface area contributed by atoms with Crippen LogP contribution >= 0.6 is 11.6 Å². The van der Waals surface area contributed by atoms with E-state index in [1.807, 2.05) is 78.9 Å². The third kappa shape index (κ3) is 5.71. The van der Waals surface area contributed by atoms with Crippen LogP contribution in [0.5, 0.6) is 0 Å². The summed E-state index contributed by atoms with van der Waals surface area (Å²) in [6.45, 7) is 0.525. The lowest BCUT2D eigenvalue weighted by atomic mass is 10.0. The van der Waals surface area contributed by atoms with E-state index in [-0.39, 0.29) is 18.2 Å². The van der Waals surface area contributed by atoms with Gasteiger partial charge in [-0.3, -0.25) is 4.79 Å². The third-order valence-electron chi connectivity index (χ3n) is 4.83. The van der Waals surface area contributed by atoms with E-state index in [0.29, 0.717) is 11.6 Å². The first kappa shape index (κ1) is 20.6. The number of hydrazone groups is 1. The SMILES string of the molecule is O=C(CC(CNc1ccc(Cl)cc1)c1nc2ccccc2[nH]1)NN=Cc1ccccc1. The number of nitrogens with one attached hydrogen (secondary N) is 3. The van der Waals surface area contributed by atoms with Gasteiger partial charge in [0.25, 0.3) is 0 Å². The Morgan fingerprint density at radius 2 is 1.77 bits per heavy atom. The lowest BCUT2D eigenvalue weighted by Crippen LogP contribution is -2.24. The van der Waals surface area contributed by atoms with Crippen LogP contribution in [0.4, 0.5) is 5.69 Å². The number of hydrogen-bond acceptors (Lipinski definition) is 4. The summed E-state index contributed by atoms with van der Waals surface area (Å²) in [5, 5.41) is 8.11. The van der Waals surface area contributed by atoms with Crippen LogP contribution in [0.15, 0.2) is 84.0 Å². The van der Waals surface area contributed by atoms with Gasteiger partial charge in [-0.15, -0.1) is 0 Å². The van der Waals surface area contributed by atoms with Gasteiger partial charge in [0, 0.05) is 29.6 Å². The molecule has 156 valence electrons. The van der Waals surface area contributed by atoms with Crippen LogP contribution < -0.4 is 10.7 Å². The first-order valence-corrected chi connectivity index (χ1v) is 10.4. The molecule has 0 aliphatic rings. The zero-order valence-corrected chi connectivity index (χ0v) is 17.5. The molecule has 6 nitrogen and oxygen atoms in total. The molecule has 1 amide bonds. The fourth-order valence-corrected chi connectivity index (χ4v) is 3.35. The second-order valence-corrected chi connectivity index (χ2v) is 7.57. The summed E-state index contributed by atoms with van der Waals surface area (Å²) < 4.78 is 0. The summed E-state index contributed by atoms with van der Waals surface area (Å²) in [4.78, 5) is 20.6. The smallest absolute Gasteiger partial charge is 0.240 e. The summed E-state index contributed by atoms with van der Waals surface area (Å²) in [6.07, 6.45) is 1.85. The Morgan fingerprint density at radius 3 is 2.55 bits per heavy atom. The van der Waals surface area contributed by atoms with Crippen LogP contribution in [0, 0.1) is 0 Å². The van der Waals surface area contributed by atoms with Crippen molar-refractivity contribution in [3.8, 4) is 0 Å². The van der Waals surface area contributed by atoms with Gasteiger partial charge in [0.1, 0.15) is 5.82 Å². The van der Waals surface area contributed by atoms with Crippen LogP contribution in [0.3, 0.4) is 0 Å². The number of aromatic amines is 1. The Kier molecular flexibility index (Phi) is 6.59. The van der Waals surface area contributed by atoms with Gasteiger partial charge in [0.2, 0.25) is 5.91 Å². The number of halogens is 1.